The molecule has 2 heterocycles. The van der Waals surface area contributed by atoms with E-state index in [1.165, 1.54) is 128 Å². The molecule has 4 aliphatic carbocycles. The number of ether oxygens (including phenoxy) is 5. The molecule has 11 atom stereocenters. The molecule has 0 N–H and O–H groups in total. The molecule has 1 amide bonds. The van der Waals surface area contributed by atoms with Gasteiger partial charge in [0.1, 0.15) is 5.60 Å². The minimum absolute atomic E-state index is 0.0411. The van der Waals surface area contributed by atoms with Crippen molar-refractivity contribution in [3.63, 3.8) is 0 Å². The molecule has 72 heavy (non-hydrogen) atoms. The van der Waals surface area contributed by atoms with Crippen LogP contribution in [0.2, 0.25) is 0 Å². The van der Waals surface area contributed by atoms with Crippen molar-refractivity contribution in [3.8, 4) is 0 Å². The Bertz CT molecular complexity index is 1640. The molecule has 8 heteroatoms. The van der Waals surface area contributed by atoms with E-state index in [2.05, 4.69) is 76.8 Å². The van der Waals surface area contributed by atoms with Gasteiger partial charge in [-0.3, -0.25) is 4.90 Å². The van der Waals surface area contributed by atoms with Crippen molar-refractivity contribution in [1.82, 2.24) is 9.80 Å². The first-order valence-corrected chi connectivity index (χ1v) is 30.8. The number of unbranched alkanes of at least 4 members (excludes halogenated alkanes) is 9. The number of amides is 1. The molecule has 0 spiro atoms. The zero-order chi connectivity index (χ0) is 51.4. The van der Waals surface area contributed by atoms with Crippen molar-refractivity contribution < 1.29 is 28.5 Å². The molecule has 6 unspecified atom stereocenters. The van der Waals surface area contributed by atoms with Crippen molar-refractivity contribution in [2.24, 2.45) is 52.3 Å². The predicted molar refractivity (Wildman–Crippen MR) is 299 cm³/mol. The lowest BCUT2D eigenvalue weighted by atomic mass is 9.47. The SMILES string of the molecule is CCCCC/C=C\C/C=C\CCCCCCCCOCC(CN1CC2CCCN(C(=O)OC(C)(C)C)C2C1)OCCOCCO[C@H]1CC[C@@]2(C)C(=CCC3C2CC[C@@]2(C)C3CC[C@@H]2[C@H](C)CCCC(C)C)C1. The summed E-state index contributed by atoms with van der Waals surface area (Å²) < 4.78 is 31.5. The maximum absolute atomic E-state index is 13.2. The molecule has 0 aromatic carbocycles. The predicted octanol–water partition coefficient (Wildman–Crippen LogP) is 16.0. The quantitative estimate of drug-likeness (QED) is 0.0491. The standard InChI is InChI=1S/C64H112N2O6/c1-10-11-12-13-14-15-16-17-18-19-20-21-22-23-24-25-40-69-49-55(47-65-46-52-30-27-39-66(60(52)48-65)61(67)72-62(5,6)7)71-44-42-68-41-43-70-54-35-37-63(8)53(45-54)31-32-56-58-34-33-57(51(4)29-26-28-50(2)3)64(58,9)38-36-59(56)63/h14-15,17-18,31,50-52,54-60H,10-13,16,19-30,32-49H2,1-9H3/b15-14-,18-17-/t51-,52?,54+,55?,56?,57-,58?,59?,60?,63+,64-/m1/s1. The van der Waals surface area contributed by atoms with Crippen LogP contribution in [-0.4, -0.2) is 106 Å². The van der Waals surface area contributed by atoms with Gasteiger partial charge in [0.05, 0.1) is 51.3 Å². The molecule has 3 saturated carbocycles. The van der Waals surface area contributed by atoms with Crippen molar-refractivity contribution >= 4 is 6.09 Å². The number of hydrogen-bond donors (Lipinski definition) is 0. The van der Waals surface area contributed by atoms with Gasteiger partial charge in [-0.1, -0.05) is 135 Å². The van der Waals surface area contributed by atoms with Gasteiger partial charge >= 0.3 is 6.09 Å². The van der Waals surface area contributed by atoms with Crippen molar-refractivity contribution in [2.45, 2.75) is 247 Å². The lowest BCUT2D eigenvalue weighted by Gasteiger charge is -2.58. The van der Waals surface area contributed by atoms with Gasteiger partial charge in [-0.2, -0.15) is 0 Å². The number of carbonyl (C=O) groups excluding carboxylic acids is 1. The zero-order valence-corrected chi connectivity index (χ0v) is 48.3. The number of nitrogens with zero attached hydrogens (tertiary/aromatic N) is 2. The van der Waals surface area contributed by atoms with Gasteiger partial charge in [0, 0.05) is 32.8 Å². The maximum Gasteiger partial charge on any atom is 0.410 e. The fourth-order valence-electron chi connectivity index (χ4n) is 15.3. The van der Waals surface area contributed by atoms with E-state index in [1.807, 2.05) is 25.7 Å². The number of allylic oxidation sites excluding steroid dienone is 5. The van der Waals surface area contributed by atoms with Crippen molar-refractivity contribution in [2.75, 3.05) is 65.8 Å². The molecule has 0 radical (unpaired) electrons. The Kier molecular flexibility index (Phi) is 25.0. The van der Waals surface area contributed by atoms with Gasteiger partial charge in [-0.05, 0) is 176 Å². The summed E-state index contributed by atoms with van der Waals surface area (Å²) in [6.07, 6.45) is 44.2. The monoisotopic (exact) mass is 1000 g/mol. The Morgan fingerprint density at radius 2 is 1.53 bits per heavy atom. The Morgan fingerprint density at radius 3 is 2.29 bits per heavy atom. The van der Waals surface area contributed by atoms with Crippen molar-refractivity contribution in [1.29, 1.82) is 0 Å². The molecule has 6 rings (SSSR count). The highest BCUT2D eigenvalue weighted by molar-refractivity contribution is 5.69. The number of rotatable bonds is 32. The van der Waals surface area contributed by atoms with E-state index in [1.54, 1.807) is 5.57 Å². The number of likely N-dealkylation sites (tertiary alicyclic amines) is 2. The summed E-state index contributed by atoms with van der Waals surface area (Å²) in [7, 11) is 0. The second-order valence-electron chi connectivity index (χ2n) is 26.2. The molecule has 5 fully saturated rings. The van der Waals surface area contributed by atoms with E-state index in [4.69, 9.17) is 23.7 Å². The molecule has 0 bridgehead atoms. The molecule has 2 aliphatic heterocycles. The first-order chi connectivity index (χ1) is 34.7. The summed E-state index contributed by atoms with van der Waals surface area (Å²) in [5.74, 6) is 5.72. The van der Waals surface area contributed by atoms with E-state index in [0.29, 0.717) is 55.9 Å². The molecular formula is C64H112N2O6. The average molecular weight is 1010 g/mol. The van der Waals surface area contributed by atoms with Crippen LogP contribution in [-0.2, 0) is 23.7 Å². The third kappa shape index (κ3) is 17.9. The molecular weight excluding hydrogens is 893 g/mol. The topological polar surface area (TPSA) is 69.7 Å². The summed E-state index contributed by atoms with van der Waals surface area (Å²) in [4.78, 5) is 17.7. The Morgan fingerprint density at radius 1 is 0.778 bits per heavy atom. The molecule has 8 nitrogen and oxygen atoms in total. The summed E-state index contributed by atoms with van der Waals surface area (Å²) in [5, 5.41) is 0. The second-order valence-corrected chi connectivity index (χ2v) is 26.2. The minimum atomic E-state index is -0.493. The molecule has 414 valence electrons. The third-order valence-corrected chi connectivity index (χ3v) is 19.2. The minimum Gasteiger partial charge on any atom is -0.444 e. The van der Waals surface area contributed by atoms with Crippen LogP contribution in [0.1, 0.15) is 223 Å². The lowest BCUT2D eigenvalue weighted by molar-refractivity contribution is -0.0731. The van der Waals surface area contributed by atoms with Gasteiger partial charge in [-0.25, -0.2) is 4.79 Å². The molecule has 6 aliphatic rings. The first-order valence-electron chi connectivity index (χ1n) is 30.8. The van der Waals surface area contributed by atoms with Crippen LogP contribution in [0.5, 0.6) is 0 Å². The van der Waals surface area contributed by atoms with E-state index in [9.17, 15) is 4.79 Å². The summed E-state index contributed by atoms with van der Waals surface area (Å²) in [6, 6.07) is 0.197. The van der Waals surface area contributed by atoms with Gasteiger partial charge in [-0.15, -0.1) is 0 Å². The average Bonchev–Trinajstić information content (AvgIpc) is 3.93. The second kappa shape index (κ2) is 30.3. The first kappa shape index (κ1) is 59.5. The van der Waals surface area contributed by atoms with Crippen LogP contribution >= 0.6 is 0 Å². The fraction of sp³-hybridized carbons (Fsp3) is 0.891. The third-order valence-electron chi connectivity index (χ3n) is 19.2. The van der Waals surface area contributed by atoms with Gasteiger partial charge in [0.15, 0.2) is 0 Å². The highest BCUT2D eigenvalue weighted by Crippen LogP contribution is 2.67. The van der Waals surface area contributed by atoms with E-state index >= 15 is 0 Å². The Labute approximate surface area is 443 Å². The fourth-order valence-corrected chi connectivity index (χ4v) is 15.3. The Hall–Kier alpha value is -1.71. The molecule has 0 aromatic heterocycles. The van der Waals surface area contributed by atoms with Gasteiger partial charge < -0.3 is 28.6 Å². The lowest BCUT2D eigenvalue weighted by Crippen LogP contribution is -2.51. The van der Waals surface area contributed by atoms with E-state index in [0.717, 1.165) is 100 Å². The van der Waals surface area contributed by atoms with Crippen LogP contribution in [0.4, 0.5) is 4.79 Å². The van der Waals surface area contributed by atoms with Crippen LogP contribution in [0.15, 0.2) is 36.0 Å². The number of piperidine rings is 1. The molecule has 0 aromatic rings. The number of fused-ring (bicyclic) bond motifs is 6. The van der Waals surface area contributed by atoms with Crippen LogP contribution in [0.3, 0.4) is 0 Å². The van der Waals surface area contributed by atoms with Gasteiger partial charge in [0.25, 0.3) is 0 Å². The van der Waals surface area contributed by atoms with E-state index < -0.39 is 5.60 Å². The zero-order valence-electron chi connectivity index (χ0n) is 48.3. The van der Waals surface area contributed by atoms with Crippen LogP contribution in [0, 0.1) is 52.3 Å². The van der Waals surface area contributed by atoms with E-state index in [-0.39, 0.29) is 18.2 Å². The number of carbonyl (C=O) groups is 1. The van der Waals surface area contributed by atoms with Crippen molar-refractivity contribution in [3.05, 3.63) is 36.0 Å². The number of hydrogen-bond acceptors (Lipinski definition) is 7. The Balaban J connectivity index is 0.882. The summed E-state index contributed by atoms with van der Waals surface area (Å²) in [6.45, 7) is 28.0. The highest BCUT2D eigenvalue weighted by atomic mass is 16.6. The highest BCUT2D eigenvalue weighted by Gasteiger charge is 2.59. The van der Waals surface area contributed by atoms with Crippen LogP contribution < -0.4 is 0 Å². The van der Waals surface area contributed by atoms with Gasteiger partial charge in [0.2, 0.25) is 0 Å². The normalized spacial score (nSPS) is 30.7. The summed E-state index contributed by atoms with van der Waals surface area (Å²) >= 11 is 0. The summed E-state index contributed by atoms with van der Waals surface area (Å²) in [5.41, 5.74) is 2.12. The van der Waals surface area contributed by atoms with Crippen LogP contribution in [0.25, 0.3) is 0 Å². The maximum atomic E-state index is 13.2. The largest absolute Gasteiger partial charge is 0.444 e. The smallest absolute Gasteiger partial charge is 0.410 e. The molecule has 2 saturated heterocycles.